The lowest BCUT2D eigenvalue weighted by Crippen LogP contribution is -1.93. The molecule has 2 nitrogen and oxygen atoms in total. The number of benzene rings is 1. The first kappa shape index (κ1) is 13.3. The zero-order valence-corrected chi connectivity index (χ0v) is 11.6. The highest BCUT2D eigenvalue weighted by Gasteiger charge is 2.04. The van der Waals surface area contributed by atoms with Crippen LogP contribution in [0.3, 0.4) is 0 Å². The van der Waals surface area contributed by atoms with Crippen molar-refractivity contribution in [2.24, 2.45) is 5.73 Å². The minimum absolute atomic E-state index is 0.801. The van der Waals surface area contributed by atoms with Gasteiger partial charge in [0.25, 0.3) is 0 Å². The summed E-state index contributed by atoms with van der Waals surface area (Å²) in [6, 6.07) is 12.4. The summed E-state index contributed by atoms with van der Waals surface area (Å²) in [4.78, 5) is 4.57. The standard InChI is InChI=1S/C17H20N2/c1-3-6-14-9-10-17(19-12-14)16-8-5-4-7-15(16)11-13(2)18/h4-5,7-12H,3,6,18H2,1-2H3/b13-11+. The van der Waals surface area contributed by atoms with E-state index in [-0.39, 0.29) is 0 Å². The van der Waals surface area contributed by atoms with Gasteiger partial charge in [0.15, 0.2) is 0 Å². The predicted octanol–water partition coefficient (Wildman–Crippen LogP) is 4.02. The summed E-state index contributed by atoms with van der Waals surface area (Å²) >= 11 is 0. The fraction of sp³-hybridized carbons (Fsp3) is 0.235. The molecule has 0 bridgehead atoms. The highest BCUT2D eigenvalue weighted by Crippen LogP contribution is 2.23. The van der Waals surface area contributed by atoms with Crippen LogP contribution in [0, 0.1) is 0 Å². The van der Waals surface area contributed by atoms with Crippen LogP contribution in [0.4, 0.5) is 0 Å². The van der Waals surface area contributed by atoms with E-state index in [1.165, 1.54) is 5.56 Å². The summed E-state index contributed by atoms with van der Waals surface area (Å²) < 4.78 is 0. The van der Waals surface area contributed by atoms with Gasteiger partial charge in [0.1, 0.15) is 0 Å². The first-order chi connectivity index (χ1) is 9.20. The minimum Gasteiger partial charge on any atom is -0.402 e. The van der Waals surface area contributed by atoms with Gasteiger partial charge >= 0.3 is 0 Å². The van der Waals surface area contributed by atoms with Crippen molar-refractivity contribution in [1.29, 1.82) is 0 Å². The Morgan fingerprint density at radius 3 is 2.63 bits per heavy atom. The van der Waals surface area contributed by atoms with Crippen LogP contribution in [0.15, 0.2) is 48.3 Å². The maximum atomic E-state index is 5.78. The molecule has 98 valence electrons. The van der Waals surface area contributed by atoms with E-state index in [2.05, 4.69) is 36.2 Å². The number of aryl methyl sites for hydroxylation is 1. The number of aromatic nitrogens is 1. The van der Waals surface area contributed by atoms with Crippen LogP contribution in [0.5, 0.6) is 0 Å². The molecular formula is C17H20N2. The topological polar surface area (TPSA) is 38.9 Å². The molecule has 0 aliphatic heterocycles. The molecule has 2 rings (SSSR count). The van der Waals surface area contributed by atoms with Crippen LogP contribution >= 0.6 is 0 Å². The molecular weight excluding hydrogens is 232 g/mol. The van der Waals surface area contributed by atoms with Crippen LogP contribution in [0.2, 0.25) is 0 Å². The average Bonchev–Trinajstić information content (AvgIpc) is 2.40. The van der Waals surface area contributed by atoms with Gasteiger partial charge in [-0.1, -0.05) is 43.7 Å². The maximum absolute atomic E-state index is 5.78. The number of rotatable bonds is 4. The first-order valence-corrected chi connectivity index (χ1v) is 6.69. The molecule has 0 unspecified atom stereocenters. The van der Waals surface area contributed by atoms with E-state index in [4.69, 9.17) is 5.73 Å². The van der Waals surface area contributed by atoms with Gasteiger partial charge in [0, 0.05) is 17.5 Å². The molecule has 1 heterocycles. The predicted molar refractivity (Wildman–Crippen MR) is 81.5 cm³/mol. The minimum atomic E-state index is 0.801. The molecule has 1 aromatic carbocycles. The number of pyridine rings is 1. The van der Waals surface area contributed by atoms with Crippen molar-refractivity contribution in [2.75, 3.05) is 0 Å². The Morgan fingerprint density at radius 1 is 1.21 bits per heavy atom. The Kier molecular flexibility index (Phi) is 4.35. The second kappa shape index (κ2) is 6.19. The van der Waals surface area contributed by atoms with Gasteiger partial charge in [0.2, 0.25) is 0 Å². The molecule has 0 fully saturated rings. The molecule has 2 aromatic rings. The maximum Gasteiger partial charge on any atom is 0.0708 e. The van der Waals surface area contributed by atoms with Crippen molar-refractivity contribution in [3.05, 3.63) is 59.4 Å². The monoisotopic (exact) mass is 252 g/mol. The highest BCUT2D eigenvalue weighted by atomic mass is 14.7. The summed E-state index contributed by atoms with van der Waals surface area (Å²) in [5.74, 6) is 0. The normalized spacial score (nSPS) is 11.6. The fourth-order valence-corrected chi connectivity index (χ4v) is 2.12. The molecule has 2 N–H and O–H groups in total. The third-order valence-electron chi connectivity index (χ3n) is 2.98. The van der Waals surface area contributed by atoms with Crippen molar-refractivity contribution in [3.8, 4) is 11.3 Å². The first-order valence-electron chi connectivity index (χ1n) is 6.69. The zero-order valence-electron chi connectivity index (χ0n) is 11.6. The number of hydrogen-bond donors (Lipinski definition) is 1. The molecule has 0 saturated carbocycles. The van der Waals surface area contributed by atoms with Gasteiger partial charge in [-0.2, -0.15) is 0 Å². The van der Waals surface area contributed by atoms with Crippen molar-refractivity contribution < 1.29 is 0 Å². The Bertz CT molecular complexity index is 564. The Labute approximate surface area is 115 Å². The number of nitrogens with two attached hydrogens (primary N) is 1. The van der Waals surface area contributed by atoms with Gasteiger partial charge in [-0.3, -0.25) is 4.98 Å². The largest absolute Gasteiger partial charge is 0.402 e. The zero-order chi connectivity index (χ0) is 13.7. The fourth-order valence-electron chi connectivity index (χ4n) is 2.12. The smallest absolute Gasteiger partial charge is 0.0708 e. The summed E-state index contributed by atoms with van der Waals surface area (Å²) in [6.07, 6.45) is 6.18. The van der Waals surface area contributed by atoms with Crippen molar-refractivity contribution >= 4 is 6.08 Å². The summed E-state index contributed by atoms with van der Waals surface area (Å²) in [5, 5.41) is 0. The van der Waals surface area contributed by atoms with E-state index in [1.807, 2.05) is 31.3 Å². The van der Waals surface area contributed by atoms with Gasteiger partial charge in [-0.15, -0.1) is 0 Å². The molecule has 0 spiro atoms. The van der Waals surface area contributed by atoms with Crippen LogP contribution in [0.1, 0.15) is 31.4 Å². The highest BCUT2D eigenvalue weighted by molar-refractivity contribution is 5.73. The summed E-state index contributed by atoms with van der Waals surface area (Å²) in [5.41, 5.74) is 11.1. The van der Waals surface area contributed by atoms with E-state index >= 15 is 0 Å². The summed E-state index contributed by atoms with van der Waals surface area (Å²) in [7, 11) is 0. The third kappa shape index (κ3) is 3.44. The van der Waals surface area contributed by atoms with E-state index in [1.54, 1.807) is 0 Å². The second-order valence-electron chi connectivity index (χ2n) is 4.78. The lowest BCUT2D eigenvalue weighted by atomic mass is 10.0. The van der Waals surface area contributed by atoms with Gasteiger partial charge in [0.05, 0.1) is 5.69 Å². The van der Waals surface area contributed by atoms with Crippen molar-refractivity contribution in [1.82, 2.24) is 4.98 Å². The number of nitrogens with zero attached hydrogens (tertiary/aromatic N) is 1. The van der Waals surface area contributed by atoms with Crippen LogP contribution in [-0.4, -0.2) is 4.98 Å². The number of hydrogen-bond acceptors (Lipinski definition) is 2. The second-order valence-corrected chi connectivity index (χ2v) is 4.78. The van der Waals surface area contributed by atoms with E-state index in [0.29, 0.717) is 0 Å². The van der Waals surface area contributed by atoms with Crippen molar-refractivity contribution in [2.45, 2.75) is 26.7 Å². The molecule has 0 atom stereocenters. The SMILES string of the molecule is CCCc1ccc(-c2ccccc2/C=C(\C)N)nc1. The quantitative estimate of drug-likeness (QED) is 0.892. The molecule has 0 amide bonds. The van der Waals surface area contributed by atoms with E-state index in [9.17, 15) is 0 Å². The van der Waals surface area contributed by atoms with Crippen LogP contribution < -0.4 is 5.73 Å². The average molecular weight is 252 g/mol. The molecule has 2 heteroatoms. The molecule has 0 aliphatic rings. The van der Waals surface area contributed by atoms with E-state index in [0.717, 1.165) is 35.4 Å². The van der Waals surface area contributed by atoms with E-state index < -0.39 is 0 Å². The lowest BCUT2D eigenvalue weighted by molar-refractivity contribution is 0.914. The molecule has 0 aliphatic carbocycles. The molecule has 0 radical (unpaired) electrons. The summed E-state index contributed by atoms with van der Waals surface area (Å²) in [6.45, 7) is 4.08. The van der Waals surface area contributed by atoms with Crippen molar-refractivity contribution in [3.63, 3.8) is 0 Å². The molecule has 0 saturated heterocycles. The Balaban J connectivity index is 2.38. The molecule has 19 heavy (non-hydrogen) atoms. The van der Waals surface area contributed by atoms with Gasteiger partial charge in [-0.05, 0) is 36.6 Å². The lowest BCUT2D eigenvalue weighted by Gasteiger charge is -2.07. The van der Waals surface area contributed by atoms with Gasteiger partial charge < -0.3 is 5.73 Å². The third-order valence-corrected chi connectivity index (χ3v) is 2.98. The van der Waals surface area contributed by atoms with Crippen LogP contribution in [0.25, 0.3) is 17.3 Å². The van der Waals surface area contributed by atoms with Gasteiger partial charge in [-0.25, -0.2) is 0 Å². The number of allylic oxidation sites excluding steroid dienone is 1. The van der Waals surface area contributed by atoms with Crippen LogP contribution in [-0.2, 0) is 6.42 Å². The Hall–Kier alpha value is -2.09. The Morgan fingerprint density at radius 2 is 2.00 bits per heavy atom. The molecule has 1 aromatic heterocycles.